The fraction of sp³-hybridized carbons (Fsp3) is 0.375. The predicted octanol–water partition coefficient (Wildman–Crippen LogP) is -1.23. The number of amides is 2. The molecule has 8 N–H and O–H groups in total. The summed E-state index contributed by atoms with van der Waals surface area (Å²) in [5.74, 6) is -0.0658. The first-order valence-electron chi connectivity index (χ1n) is 8.10. The van der Waals surface area contributed by atoms with Crippen molar-refractivity contribution in [1.29, 1.82) is 5.41 Å². The Balaban J connectivity index is 0.000000431. The number of nitrogens with one attached hydrogen (secondary N) is 2. The standard InChI is InChI=1S/C5H8BrN3O2.C5H7N3O2.C5H7N3O.CH4/c1-9-4(10)2(6)3(7)8-5(9)11;1-8-2-3(9)4(6)7-5(8)10;1-8-3-2-4(6)7-5(8)9;/h2,4,10H,1H3,(H2,7,8,11);2,9H,1H3,(H2,6,7,10);2-3H,1H3,(H2,6,7,9);1H4. The molecule has 31 heavy (non-hydrogen) atoms. The molecule has 0 aliphatic carbocycles. The van der Waals surface area contributed by atoms with Gasteiger partial charge in [-0.05, 0) is 6.07 Å². The van der Waals surface area contributed by atoms with Gasteiger partial charge in [-0.1, -0.05) is 23.4 Å². The van der Waals surface area contributed by atoms with Crippen LogP contribution in [0.5, 0.6) is 5.75 Å². The van der Waals surface area contributed by atoms with Crippen LogP contribution in [0.25, 0.3) is 0 Å². The average molecular weight is 504 g/mol. The second-order valence-electron chi connectivity index (χ2n) is 5.92. The maximum atomic E-state index is 10.9. The summed E-state index contributed by atoms with van der Waals surface area (Å²) in [7, 11) is 4.56. The highest BCUT2D eigenvalue weighted by atomic mass is 79.9. The molecule has 3 heterocycles. The topological polar surface area (TPSA) is 218 Å². The van der Waals surface area contributed by atoms with Crippen molar-refractivity contribution in [3.8, 4) is 5.75 Å². The van der Waals surface area contributed by atoms with Crippen molar-refractivity contribution in [3.63, 3.8) is 0 Å². The van der Waals surface area contributed by atoms with E-state index < -0.39 is 22.8 Å². The fourth-order valence-electron chi connectivity index (χ4n) is 1.76. The molecule has 172 valence electrons. The molecule has 2 aromatic rings. The van der Waals surface area contributed by atoms with Crippen LogP contribution in [0.1, 0.15) is 7.43 Å². The monoisotopic (exact) mass is 503 g/mol. The number of urea groups is 1. The first-order valence-corrected chi connectivity index (χ1v) is 9.02. The molecule has 2 amide bonds. The summed E-state index contributed by atoms with van der Waals surface area (Å²) in [6, 6.07) is 1.11. The van der Waals surface area contributed by atoms with Gasteiger partial charge in [0.15, 0.2) is 11.6 Å². The first kappa shape index (κ1) is 27.5. The van der Waals surface area contributed by atoms with Gasteiger partial charge in [-0.25, -0.2) is 14.4 Å². The van der Waals surface area contributed by atoms with E-state index >= 15 is 0 Å². The number of nitrogens with zero attached hydrogens (tertiary/aromatic N) is 5. The molecule has 0 saturated carbocycles. The van der Waals surface area contributed by atoms with Crippen molar-refractivity contribution in [3.05, 3.63) is 39.4 Å². The van der Waals surface area contributed by atoms with E-state index in [-0.39, 0.29) is 36.3 Å². The van der Waals surface area contributed by atoms with Gasteiger partial charge in [0.1, 0.15) is 22.7 Å². The zero-order chi connectivity index (χ0) is 23.2. The van der Waals surface area contributed by atoms with E-state index in [1.807, 2.05) is 0 Å². The number of nitrogens with two attached hydrogens (primary N) is 2. The van der Waals surface area contributed by atoms with E-state index in [2.05, 4.69) is 31.2 Å². The van der Waals surface area contributed by atoms with Crippen molar-refractivity contribution in [1.82, 2.24) is 29.3 Å². The van der Waals surface area contributed by atoms with E-state index in [0.29, 0.717) is 0 Å². The number of carbonyl (C=O) groups is 1. The molecule has 2 aromatic heterocycles. The number of nitrogen functional groups attached to an aromatic ring is 2. The number of hydrogen-bond acceptors (Lipinski definition) is 10. The molecule has 2 unspecified atom stereocenters. The summed E-state index contributed by atoms with van der Waals surface area (Å²) in [5.41, 5.74) is 9.52. The number of rotatable bonds is 0. The number of hydrogen-bond donors (Lipinski definition) is 6. The van der Waals surface area contributed by atoms with Gasteiger partial charge < -0.3 is 31.1 Å². The van der Waals surface area contributed by atoms with E-state index in [9.17, 15) is 19.5 Å². The van der Waals surface area contributed by atoms with Crippen molar-refractivity contribution in [2.24, 2.45) is 14.1 Å². The number of amidine groups is 1. The molecule has 14 nitrogen and oxygen atoms in total. The number of anilines is 2. The van der Waals surface area contributed by atoms with Crippen LogP contribution in [0.4, 0.5) is 16.4 Å². The van der Waals surface area contributed by atoms with Gasteiger partial charge in [-0.15, -0.1) is 0 Å². The summed E-state index contributed by atoms with van der Waals surface area (Å²) in [4.78, 5) is 39.5. The highest BCUT2D eigenvalue weighted by Gasteiger charge is 2.33. The molecular weight excluding hydrogens is 478 g/mol. The smallest absolute Gasteiger partial charge is 0.349 e. The molecule has 0 radical (unpaired) electrons. The van der Waals surface area contributed by atoms with Crippen molar-refractivity contribution >= 4 is 39.4 Å². The molecule has 1 aliphatic rings. The lowest BCUT2D eigenvalue weighted by Gasteiger charge is -2.32. The zero-order valence-corrected chi connectivity index (χ0v) is 17.9. The summed E-state index contributed by atoms with van der Waals surface area (Å²) in [6.45, 7) is 0. The maximum Gasteiger partial charge on any atom is 0.349 e. The lowest BCUT2D eigenvalue weighted by atomic mass is 10.3. The Labute approximate surface area is 185 Å². The summed E-state index contributed by atoms with van der Waals surface area (Å²) in [5, 5.41) is 27.6. The lowest BCUT2D eigenvalue weighted by molar-refractivity contribution is 0.0519. The number of alkyl halides is 1. The quantitative estimate of drug-likeness (QED) is 0.236. The highest BCUT2D eigenvalue weighted by molar-refractivity contribution is 9.10. The van der Waals surface area contributed by atoms with Crippen molar-refractivity contribution in [2.75, 3.05) is 18.5 Å². The Kier molecular flexibility index (Phi) is 10.4. The molecule has 0 bridgehead atoms. The van der Waals surface area contributed by atoms with Gasteiger partial charge in [-0.3, -0.25) is 15.3 Å². The number of aryl methyl sites for hydroxylation is 2. The number of aromatic hydroxyl groups is 1. The second kappa shape index (κ2) is 11.7. The second-order valence-corrected chi connectivity index (χ2v) is 6.91. The Morgan fingerprint density at radius 2 is 1.68 bits per heavy atom. The Morgan fingerprint density at radius 1 is 1.13 bits per heavy atom. The third kappa shape index (κ3) is 7.71. The Hall–Kier alpha value is -3.46. The van der Waals surface area contributed by atoms with Crippen LogP contribution < -0.4 is 28.2 Å². The van der Waals surface area contributed by atoms with Gasteiger partial charge >= 0.3 is 17.4 Å². The maximum absolute atomic E-state index is 10.9. The zero-order valence-electron chi connectivity index (χ0n) is 16.3. The molecule has 15 heteroatoms. The van der Waals surface area contributed by atoms with E-state index in [0.717, 1.165) is 9.47 Å². The largest absolute Gasteiger partial charge is 0.503 e. The minimum atomic E-state index is -0.962. The Morgan fingerprint density at radius 3 is 2.16 bits per heavy atom. The molecule has 1 fully saturated rings. The molecular formula is C16H26BrN9O5. The number of halogens is 1. The highest BCUT2D eigenvalue weighted by Crippen LogP contribution is 2.13. The lowest BCUT2D eigenvalue weighted by Crippen LogP contribution is -2.59. The van der Waals surface area contributed by atoms with Gasteiger partial charge in [0.05, 0.1) is 6.20 Å². The number of aliphatic hydroxyl groups excluding tert-OH is 1. The van der Waals surface area contributed by atoms with Crippen LogP contribution in [0, 0.1) is 5.41 Å². The van der Waals surface area contributed by atoms with Crippen LogP contribution in [0.15, 0.2) is 28.0 Å². The van der Waals surface area contributed by atoms with Crippen LogP contribution in [-0.2, 0) is 14.1 Å². The van der Waals surface area contributed by atoms with E-state index in [1.54, 1.807) is 19.3 Å². The van der Waals surface area contributed by atoms with Crippen LogP contribution in [0.2, 0.25) is 0 Å². The molecule has 0 aromatic carbocycles. The normalized spacial score (nSPS) is 17.3. The summed E-state index contributed by atoms with van der Waals surface area (Å²) in [6.07, 6.45) is 1.83. The van der Waals surface area contributed by atoms with Gasteiger partial charge in [0, 0.05) is 27.3 Å². The molecule has 1 saturated heterocycles. The minimum absolute atomic E-state index is 0. The van der Waals surface area contributed by atoms with Crippen molar-refractivity contribution < 1.29 is 15.0 Å². The Bertz CT molecular complexity index is 1020. The number of aliphatic hydroxyl groups is 1. The SMILES string of the molecule is C.CN1C(=O)NC(=N)C(Br)C1O.Cn1cc(O)c(N)nc1=O.Cn1ccc(N)nc1=O. The molecule has 0 spiro atoms. The van der Waals surface area contributed by atoms with Crippen LogP contribution in [-0.4, -0.2) is 64.2 Å². The van der Waals surface area contributed by atoms with Crippen molar-refractivity contribution in [2.45, 2.75) is 18.5 Å². The first-order chi connectivity index (χ1) is 13.8. The van der Waals surface area contributed by atoms with Gasteiger partial charge in [0.25, 0.3) is 0 Å². The van der Waals surface area contributed by atoms with E-state index in [4.69, 9.17) is 22.0 Å². The molecule has 3 rings (SSSR count). The third-order valence-corrected chi connectivity index (χ3v) is 4.52. The third-order valence-electron chi connectivity index (χ3n) is 3.59. The number of carbonyl (C=O) groups excluding carboxylic acids is 1. The number of aromatic nitrogens is 4. The average Bonchev–Trinajstić information content (AvgIpc) is 2.67. The molecule has 1 aliphatic heterocycles. The summed E-state index contributed by atoms with van der Waals surface area (Å²) >= 11 is 3.06. The van der Waals surface area contributed by atoms with Crippen LogP contribution >= 0.6 is 15.9 Å². The van der Waals surface area contributed by atoms with Crippen LogP contribution in [0.3, 0.4) is 0 Å². The molecule has 2 atom stereocenters. The van der Waals surface area contributed by atoms with Gasteiger partial charge in [-0.2, -0.15) is 9.97 Å². The minimum Gasteiger partial charge on any atom is -0.503 e. The van der Waals surface area contributed by atoms with E-state index in [1.165, 1.54) is 24.9 Å². The predicted molar refractivity (Wildman–Crippen MR) is 119 cm³/mol. The van der Waals surface area contributed by atoms with Gasteiger partial charge in [0.2, 0.25) is 0 Å². The fourth-order valence-corrected chi connectivity index (χ4v) is 2.23. The summed E-state index contributed by atoms with van der Waals surface area (Å²) < 4.78 is 2.50.